The van der Waals surface area contributed by atoms with Gasteiger partial charge in [-0.1, -0.05) is 31.2 Å². The van der Waals surface area contributed by atoms with Gasteiger partial charge < -0.3 is 11.1 Å². The van der Waals surface area contributed by atoms with E-state index >= 15 is 0 Å². The Bertz CT molecular complexity index is 233. The van der Waals surface area contributed by atoms with E-state index in [1.807, 2.05) is 12.2 Å². The molecule has 0 saturated carbocycles. The first kappa shape index (κ1) is 9.26. The van der Waals surface area contributed by atoms with Crippen LogP contribution in [0, 0.1) is 0 Å². The van der Waals surface area contributed by atoms with Crippen molar-refractivity contribution < 1.29 is 0 Å². The molecule has 0 heterocycles. The highest BCUT2D eigenvalue weighted by Crippen LogP contribution is 2.20. The van der Waals surface area contributed by atoms with Crippen molar-refractivity contribution in [1.82, 2.24) is 5.32 Å². The molecule has 0 amide bonds. The van der Waals surface area contributed by atoms with Gasteiger partial charge in [0.1, 0.15) is 0 Å². The van der Waals surface area contributed by atoms with Gasteiger partial charge in [-0.3, -0.25) is 0 Å². The SMILES string of the molecule is CCC1(NC(N)=S)C=CC=CC1. The van der Waals surface area contributed by atoms with Crippen molar-refractivity contribution >= 4 is 17.3 Å². The average molecular weight is 182 g/mol. The summed E-state index contributed by atoms with van der Waals surface area (Å²) in [5.41, 5.74) is 5.41. The predicted molar refractivity (Wildman–Crippen MR) is 55.8 cm³/mol. The van der Waals surface area contributed by atoms with Crippen molar-refractivity contribution in [2.75, 3.05) is 0 Å². The van der Waals surface area contributed by atoms with Crippen molar-refractivity contribution in [2.24, 2.45) is 5.73 Å². The quantitative estimate of drug-likeness (QED) is 0.635. The van der Waals surface area contributed by atoms with E-state index in [2.05, 4.69) is 24.4 Å². The molecular weight excluding hydrogens is 168 g/mol. The summed E-state index contributed by atoms with van der Waals surface area (Å²) in [7, 11) is 0. The second-order valence-electron chi connectivity index (χ2n) is 2.99. The summed E-state index contributed by atoms with van der Waals surface area (Å²) < 4.78 is 0. The Morgan fingerprint density at radius 3 is 2.83 bits per heavy atom. The van der Waals surface area contributed by atoms with Gasteiger partial charge in [-0.05, 0) is 25.1 Å². The topological polar surface area (TPSA) is 38.0 Å². The number of thiocarbonyl (C=S) groups is 1. The largest absolute Gasteiger partial charge is 0.376 e. The van der Waals surface area contributed by atoms with Gasteiger partial charge in [-0.25, -0.2) is 0 Å². The Morgan fingerprint density at radius 1 is 1.67 bits per heavy atom. The molecule has 0 aromatic rings. The molecule has 1 atom stereocenters. The molecule has 0 aromatic heterocycles. The van der Waals surface area contributed by atoms with E-state index in [1.165, 1.54) is 0 Å². The minimum Gasteiger partial charge on any atom is -0.376 e. The fourth-order valence-corrected chi connectivity index (χ4v) is 1.56. The van der Waals surface area contributed by atoms with E-state index in [-0.39, 0.29) is 5.54 Å². The number of hydrogen-bond acceptors (Lipinski definition) is 1. The average Bonchev–Trinajstić information content (AvgIpc) is 2.05. The molecule has 1 rings (SSSR count). The van der Waals surface area contributed by atoms with Crippen LogP contribution >= 0.6 is 12.2 Å². The minimum absolute atomic E-state index is 0.0411. The van der Waals surface area contributed by atoms with Crippen LogP contribution in [-0.2, 0) is 0 Å². The third-order valence-corrected chi connectivity index (χ3v) is 2.25. The Labute approximate surface area is 78.5 Å². The molecule has 12 heavy (non-hydrogen) atoms. The van der Waals surface area contributed by atoms with Crippen LogP contribution in [0.4, 0.5) is 0 Å². The van der Waals surface area contributed by atoms with E-state index < -0.39 is 0 Å². The van der Waals surface area contributed by atoms with Crippen LogP contribution in [0.1, 0.15) is 19.8 Å². The summed E-state index contributed by atoms with van der Waals surface area (Å²) in [5, 5.41) is 3.49. The zero-order valence-electron chi connectivity index (χ0n) is 7.21. The maximum Gasteiger partial charge on any atom is 0.164 e. The molecule has 1 unspecified atom stereocenters. The van der Waals surface area contributed by atoms with E-state index in [4.69, 9.17) is 18.0 Å². The minimum atomic E-state index is -0.0411. The van der Waals surface area contributed by atoms with Gasteiger partial charge >= 0.3 is 0 Å². The van der Waals surface area contributed by atoms with Crippen LogP contribution in [0.15, 0.2) is 24.3 Å². The fraction of sp³-hybridized carbons (Fsp3) is 0.444. The molecule has 1 aliphatic rings. The lowest BCUT2D eigenvalue weighted by Crippen LogP contribution is -2.48. The maximum atomic E-state index is 5.45. The first-order valence-electron chi connectivity index (χ1n) is 4.10. The molecule has 0 spiro atoms. The fourth-order valence-electron chi connectivity index (χ4n) is 1.35. The van der Waals surface area contributed by atoms with Gasteiger partial charge in [0.25, 0.3) is 0 Å². The highest BCUT2D eigenvalue weighted by molar-refractivity contribution is 7.80. The molecule has 0 bridgehead atoms. The molecule has 0 aromatic carbocycles. The summed E-state index contributed by atoms with van der Waals surface area (Å²) in [6.45, 7) is 2.12. The van der Waals surface area contributed by atoms with E-state index in [1.54, 1.807) is 0 Å². The number of nitrogens with two attached hydrogens (primary N) is 1. The number of allylic oxidation sites excluding steroid dienone is 2. The summed E-state index contributed by atoms with van der Waals surface area (Å²) in [5.74, 6) is 0. The third-order valence-electron chi connectivity index (χ3n) is 2.15. The van der Waals surface area contributed by atoms with E-state index in [0.29, 0.717) is 5.11 Å². The van der Waals surface area contributed by atoms with Gasteiger partial charge in [0.2, 0.25) is 0 Å². The second-order valence-corrected chi connectivity index (χ2v) is 3.43. The van der Waals surface area contributed by atoms with Crippen molar-refractivity contribution in [3.8, 4) is 0 Å². The molecule has 0 radical (unpaired) electrons. The van der Waals surface area contributed by atoms with Crippen molar-refractivity contribution in [2.45, 2.75) is 25.3 Å². The monoisotopic (exact) mass is 182 g/mol. The molecule has 66 valence electrons. The van der Waals surface area contributed by atoms with Crippen molar-refractivity contribution in [3.63, 3.8) is 0 Å². The highest BCUT2D eigenvalue weighted by Gasteiger charge is 2.24. The van der Waals surface area contributed by atoms with Crippen LogP contribution in [0.5, 0.6) is 0 Å². The zero-order chi connectivity index (χ0) is 9.03. The lowest BCUT2D eigenvalue weighted by Gasteiger charge is -2.31. The zero-order valence-corrected chi connectivity index (χ0v) is 8.03. The van der Waals surface area contributed by atoms with Crippen LogP contribution < -0.4 is 11.1 Å². The molecular formula is C9H14N2S. The van der Waals surface area contributed by atoms with Gasteiger partial charge in [0.05, 0.1) is 5.54 Å². The molecule has 1 aliphatic carbocycles. The molecule has 0 aliphatic heterocycles. The first-order chi connectivity index (χ1) is 5.68. The van der Waals surface area contributed by atoms with Crippen molar-refractivity contribution in [1.29, 1.82) is 0 Å². The highest BCUT2D eigenvalue weighted by atomic mass is 32.1. The van der Waals surface area contributed by atoms with Gasteiger partial charge in [-0.15, -0.1) is 0 Å². The molecule has 0 saturated heterocycles. The lowest BCUT2D eigenvalue weighted by atomic mass is 9.89. The van der Waals surface area contributed by atoms with Crippen LogP contribution in [0.2, 0.25) is 0 Å². The molecule has 3 heteroatoms. The van der Waals surface area contributed by atoms with Gasteiger partial charge in [0.15, 0.2) is 5.11 Å². The molecule has 0 fully saturated rings. The molecule has 3 N–H and O–H groups in total. The number of hydrogen-bond donors (Lipinski definition) is 2. The lowest BCUT2D eigenvalue weighted by molar-refractivity contribution is 0.459. The summed E-state index contributed by atoms with van der Waals surface area (Å²) in [6, 6.07) is 0. The first-order valence-corrected chi connectivity index (χ1v) is 4.51. The van der Waals surface area contributed by atoms with Crippen LogP contribution in [0.25, 0.3) is 0 Å². The van der Waals surface area contributed by atoms with Gasteiger partial charge in [0, 0.05) is 0 Å². The Morgan fingerprint density at radius 2 is 2.42 bits per heavy atom. The Balaban J connectivity index is 2.69. The van der Waals surface area contributed by atoms with E-state index in [9.17, 15) is 0 Å². The second kappa shape index (κ2) is 3.72. The summed E-state index contributed by atoms with van der Waals surface area (Å²) in [4.78, 5) is 0. The van der Waals surface area contributed by atoms with E-state index in [0.717, 1.165) is 12.8 Å². The standard InChI is InChI=1S/C9H14N2S/c1-2-9(11-8(10)12)6-4-3-5-7-9/h3-6H,2,7H2,1H3,(H3,10,11,12). The van der Waals surface area contributed by atoms with Crippen LogP contribution in [-0.4, -0.2) is 10.7 Å². The smallest absolute Gasteiger partial charge is 0.164 e. The summed E-state index contributed by atoms with van der Waals surface area (Å²) in [6.07, 6.45) is 10.2. The predicted octanol–water partition coefficient (Wildman–Crippen LogP) is 1.48. The molecule has 2 nitrogen and oxygen atoms in total. The third kappa shape index (κ3) is 2.08. The number of nitrogens with one attached hydrogen (secondary N) is 1. The Hall–Kier alpha value is -0.830. The normalized spacial score (nSPS) is 27.1. The summed E-state index contributed by atoms with van der Waals surface area (Å²) >= 11 is 4.82. The maximum absolute atomic E-state index is 5.45. The van der Waals surface area contributed by atoms with Gasteiger partial charge in [-0.2, -0.15) is 0 Å². The van der Waals surface area contributed by atoms with Crippen molar-refractivity contribution in [3.05, 3.63) is 24.3 Å². The van der Waals surface area contributed by atoms with Crippen LogP contribution in [0.3, 0.4) is 0 Å². The Kier molecular flexibility index (Phi) is 2.87. The number of rotatable bonds is 2.